The second-order valence-corrected chi connectivity index (χ2v) is 2.38. The average Bonchev–Trinajstić information content (AvgIpc) is 2.34. The predicted molar refractivity (Wildman–Crippen MR) is 38.0 cm³/mol. The molecular weight excluding hydrogens is 169 g/mol. The fourth-order valence-electron chi connectivity index (χ4n) is 0.878. The molecule has 11 heavy (non-hydrogen) atoms. The molecule has 0 saturated carbocycles. The zero-order valence-electron chi connectivity index (χ0n) is 5.31. The quantitative estimate of drug-likeness (QED) is 0.484. The largest absolute Gasteiger partial charge is 0.328 e. The highest BCUT2D eigenvalue weighted by Crippen LogP contribution is 2.20. The number of hydrogen-bond acceptors (Lipinski definition) is 2. The first-order valence-corrected chi connectivity index (χ1v) is 3.31. The lowest BCUT2D eigenvalue weighted by molar-refractivity contribution is 0.579. The van der Waals surface area contributed by atoms with Crippen molar-refractivity contribution in [1.29, 1.82) is 0 Å². The van der Waals surface area contributed by atoms with Crippen molar-refractivity contribution in [2.75, 3.05) is 0 Å². The van der Waals surface area contributed by atoms with Crippen molar-refractivity contribution in [3.05, 3.63) is 23.5 Å². The summed E-state index contributed by atoms with van der Waals surface area (Å²) in [6, 6.07) is 1.63. The molecule has 0 bridgehead atoms. The summed E-state index contributed by atoms with van der Waals surface area (Å²) in [5, 5.41) is 0.0306. The van der Waals surface area contributed by atoms with E-state index in [1.165, 1.54) is 6.20 Å². The van der Waals surface area contributed by atoms with Crippen LogP contribution >= 0.6 is 11.6 Å². The molecule has 0 saturated heterocycles. The van der Waals surface area contributed by atoms with Crippen LogP contribution in [-0.4, -0.2) is 15.0 Å². The predicted octanol–water partition coefficient (Wildman–Crippen LogP) is 1.70. The van der Waals surface area contributed by atoms with Gasteiger partial charge in [-0.15, -0.1) is 0 Å². The van der Waals surface area contributed by atoms with Crippen LogP contribution in [-0.2, 0) is 0 Å². The molecule has 1 N–H and O–H groups in total. The number of hydrogen-bond donors (Lipinski definition) is 1. The van der Waals surface area contributed by atoms with Gasteiger partial charge in [0.15, 0.2) is 0 Å². The summed E-state index contributed by atoms with van der Waals surface area (Å²) < 4.78 is 12.8. The first kappa shape index (κ1) is 6.54. The second kappa shape index (κ2) is 2.17. The first-order chi connectivity index (χ1) is 5.27. The van der Waals surface area contributed by atoms with Crippen LogP contribution < -0.4 is 0 Å². The van der Waals surface area contributed by atoms with E-state index < -0.39 is 5.95 Å². The Morgan fingerprint density at radius 2 is 2.36 bits per heavy atom. The molecule has 5 heteroatoms. The number of fused-ring (bicyclic) bond motifs is 1. The molecule has 0 aromatic carbocycles. The van der Waals surface area contributed by atoms with Crippen molar-refractivity contribution in [2.45, 2.75) is 0 Å². The van der Waals surface area contributed by atoms with Crippen LogP contribution in [0, 0.1) is 5.95 Å². The fourth-order valence-corrected chi connectivity index (χ4v) is 1.05. The summed E-state index contributed by atoms with van der Waals surface area (Å²) in [6.07, 6.45) is 1.49. The van der Waals surface area contributed by atoms with Crippen molar-refractivity contribution in [3.8, 4) is 11.4 Å². The van der Waals surface area contributed by atoms with E-state index in [-0.39, 0.29) is 11.0 Å². The van der Waals surface area contributed by atoms with Gasteiger partial charge in [-0.05, 0) is 17.7 Å². The van der Waals surface area contributed by atoms with Gasteiger partial charge in [-0.3, -0.25) is 0 Å². The molecule has 0 aromatic heterocycles. The first-order valence-electron chi connectivity index (χ1n) is 2.93. The minimum atomic E-state index is -0.645. The summed E-state index contributed by atoms with van der Waals surface area (Å²) in [6.45, 7) is 0. The van der Waals surface area contributed by atoms with Crippen LogP contribution in [0.4, 0.5) is 4.39 Å². The molecule has 3 nitrogen and oxygen atoms in total. The maximum Gasteiger partial charge on any atom is 0.243 e. The van der Waals surface area contributed by atoms with E-state index in [9.17, 15) is 4.39 Å². The van der Waals surface area contributed by atoms with Crippen LogP contribution in [0.15, 0.2) is 12.3 Å². The maximum absolute atomic E-state index is 12.8. The number of nitrogens with zero attached hydrogens (tertiary/aromatic N) is 2. The second-order valence-electron chi connectivity index (χ2n) is 2.03. The molecule has 56 valence electrons. The lowest BCUT2D eigenvalue weighted by Crippen LogP contribution is -1.93. The number of nitrogens with one attached hydrogen (secondary N) is 1. The Kier molecular flexibility index (Phi) is 1.29. The zero-order valence-corrected chi connectivity index (χ0v) is 6.06. The summed E-state index contributed by atoms with van der Waals surface area (Å²) in [5.41, 5.74) is 0.775. The number of aromatic nitrogens is 3. The monoisotopic (exact) mass is 171 g/mol. The lowest BCUT2D eigenvalue weighted by atomic mass is 10.3. The Hall–Kier alpha value is -1.16. The molecular formula is C6H3ClFN3. The Morgan fingerprint density at radius 1 is 1.55 bits per heavy atom. The van der Waals surface area contributed by atoms with Gasteiger partial charge in [-0.1, -0.05) is 0 Å². The highest BCUT2D eigenvalue weighted by atomic mass is 35.5. The van der Waals surface area contributed by atoms with Crippen LogP contribution in [0.25, 0.3) is 11.4 Å². The van der Waals surface area contributed by atoms with E-state index in [1.54, 1.807) is 6.07 Å². The molecule has 0 unspecified atom stereocenters. The Morgan fingerprint density at radius 3 is 3.18 bits per heavy atom. The molecule has 2 aliphatic rings. The molecule has 0 aliphatic carbocycles. The third kappa shape index (κ3) is 0.952. The lowest BCUT2D eigenvalue weighted by Gasteiger charge is -1.98. The fraction of sp³-hybridized carbons (Fsp3) is 0. The van der Waals surface area contributed by atoms with Gasteiger partial charge < -0.3 is 4.98 Å². The van der Waals surface area contributed by atoms with E-state index in [1.807, 2.05) is 0 Å². The highest BCUT2D eigenvalue weighted by molar-refractivity contribution is 6.28. The third-order valence-corrected chi connectivity index (χ3v) is 1.51. The summed E-state index contributed by atoms with van der Waals surface area (Å²) in [7, 11) is 0. The van der Waals surface area contributed by atoms with Gasteiger partial charge in [0, 0.05) is 6.20 Å². The van der Waals surface area contributed by atoms with E-state index in [0.717, 1.165) is 0 Å². The molecule has 0 aromatic rings. The minimum Gasteiger partial charge on any atom is -0.328 e. The SMILES string of the molecule is Fc1nc(Cl)[nH]c2ccnc1-2. The molecule has 0 spiro atoms. The summed E-state index contributed by atoms with van der Waals surface area (Å²) in [5.74, 6) is -0.645. The molecule has 0 fully saturated rings. The maximum atomic E-state index is 12.8. The number of halogens is 2. The smallest absolute Gasteiger partial charge is 0.243 e. The molecule has 0 amide bonds. The van der Waals surface area contributed by atoms with Crippen molar-refractivity contribution >= 4 is 11.6 Å². The van der Waals surface area contributed by atoms with Gasteiger partial charge in [0.05, 0.1) is 5.69 Å². The third-order valence-electron chi connectivity index (χ3n) is 1.33. The van der Waals surface area contributed by atoms with Crippen LogP contribution in [0.5, 0.6) is 0 Å². The Labute approximate surface area is 66.6 Å². The zero-order chi connectivity index (χ0) is 7.84. The number of H-pyrrole nitrogens is 1. The summed E-state index contributed by atoms with van der Waals surface area (Å²) in [4.78, 5) is 9.75. The van der Waals surface area contributed by atoms with Gasteiger partial charge in [-0.25, -0.2) is 4.98 Å². The van der Waals surface area contributed by atoms with Gasteiger partial charge >= 0.3 is 0 Å². The number of rotatable bonds is 0. The summed E-state index contributed by atoms with van der Waals surface area (Å²) >= 11 is 5.45. The molecule has 0 radical (unpaired) electrons. The van der Waals surface area contributed by atoms with Crippen molar-refractivity contribution in [3.63, 3.8) is 0 Å². The van der Waals surface area contributed by atoms with Crippen molar-refractivity contribution in [1.82, 2.24) is 15.0 Å². The standard InChI is InChI=1S/C6H3ClFN3/c7-6-10-3-1-2-9-4(3)5(8)11-6/h1-2H,(H,10,11). The van der Waals surface area contributed by atoms with Gasteiger partial charge in [-0.2, -0.15) is 9.37 Å². The van der Waals surface area contributed by atoms with Gasteiger partial charge in [0.2, 0.25) is 11.2 Å². The topological polar surface area (TPSA) is 41.6 Å². The highest BCUT2D eigenvalue weighted by Gasteiger charge is 2.11. The van der Waals surface area contributed by atoms with Crippen LogP contribution in [0.1, 0.15) is 0 Å². The minimum absolute atomic E-state index is 0.0306. The number of aromatic amines is 1. The molecule has 2 heterocycles. The van der Waals surface area contributed by atoms with Crippen LogP contribution in [0.2, 0.25) is 5.28 Å². The molecule has 0 atom stereocenters. The van der Waals surface area contributed by atoms with E-state index in [0.29, 0.717) is 5.69 Å². The Balaban J connectivity index is 2.79. The normalized spacial score (nSPS) is 10.7. The van der Waals surface area contributed by atoms with E-state index >= 15 is 0 Å². The van der Waals surface area contributed by atoms with Gasteiger partial charge in [0.1, 0.15) is 5.69 Å². The van der Waals surface area contributed by atoms with Crippen LogP contribution in [0.3, 0.4) is 0 Å². The van der Waals surface area contributed by atoms with E-state index in [4.69, 9.17) is 11.6 Å². The Bertz CT molecular complexity index is 359. The molecule has 2 rings (SSSR count). The van der Waals surface area contributed by atoms with E-state index in [2.05, 4.69) is 15.0 Å². The molecule has 2 aliphatic heterocycles. The average molecular weight is 172 g/mol. The van der Waals surface area contributed by atoms with Crippen molar-refractivity contribution in [2.24, 2.45) is 0 Å². The van der Waals surface area contributed by atoms with Crippen molar-refractivity contribution < 1.29 is 4.39 Å². The van der Waals surface area contributed by atoms with Gasteiger partial charge in [0.25, 0.3) is 0 Å².